The minimum absolute atomic E-state index is 0.0644. The van der Waals surface area contributed by atoms with Gasteiger partial charge in [-0.25, -0.2) is 9.59 Å². The fourth-order valence-corrected chi connectivity index (χ4v) is 1.55. The molecule has 0 aromatic heterocycles. The standard InChI is InChI=1S/C10H7BrF2O4/c1-4-6(8(14)15)2-5(10(11,12)13)3-7(4)9(16)17/h2-3H,1H3,(H,14,15)(H,16,17). The van der Waals surface area contributed by atoms with Gasteiger partial charge in [-0.2, -0.15) is 8.78 Å². The van der Waals surface area contributed by atoms with Crippen LogP contribution in [0.15, 0.2) is 12.1 Å². The molecule has 0 unspecified atom stereocenters. The average Bonchev–Trinajstić information content (AvgIpc) is 2.14. The molecule has 4 nitrogen and oxygen atoms in total. The summed E-state index contributed by atoms with van der Waals surface area (Å²) in [6.45, 7) is 1.25. The van der Waals surface area contributed by atoms with E-state index in [2.05, 4.69) is 15.9 Å². The number of hydrogen-bond acceptors (Lipinski definition) is 2. The van der Waals surface area contributed by atoms with Crippen LogP contribution in [-0.2, 0) is 4.83 Å². The highest BCUT2D eigenvalue weighted by Crippen LogP contribution is 2.36. The number of rotatable bonds is 3. The lowest BCUT2D eigenvalue weighted by Gasteiger charge is -2.13. The third-order valence-electron chi connectivity index (χ3n) is 2.20. The Bertz CT molecular complexity index is 459. The molecule has 0 spiro atoms. The predicted octanol–water partition coefficient (Wildman–Crippen LogP) is 2.84. The molecule has 0 saturated carbocycles. The summed E-state index contributed by atoms with van der Waals surface area (Å²) in [6.07, 6.45) is 0. The summed E-state index contributed by atoms with van der Waals surface area (Å²) in [5, 5.41) is 17.6. The van der Waals surface area contributed by atoms with Crippen LogP contribution in [0.2, 0.25) is 0 Å². The monoisotopic (exact) mass is 308 g/mol. The third kappa shape index (κ3) is 2.79. The molecule has 0 heterocycles. The number of benzene rings is 1. The first-order chi connectivity index (χ1) is 7.64. The summed E-state index contributed by atoms with van der Waals surface area (Å²) in [7, 11) is 0. The minimum Gasteiger partial charge on any atom is -0.478 e. The molecule has 1 aromatic rings. The summed E-state index contributed by atoms with van der Waals surface area (Å²) in [4.78, 5) is 18.2. The topological polar surface area (TPSA) is 74.6 Å². The smallest absolute Gasteiger partial charge is 0.335 e. The van der Waals surface area contributed by atoms with E-state index in [1.807, 2.05) is 0 Å². The Morgan fingerprint density at radius 2 is 1.53 bits per heavy atom. The van der Waals surface area contributed by atoms with E-state index in [-0.39, 0.29) is 5.56 Å². The number of alkyl halides is 3. The van der Waals surface area contributed by atoms with Gasteiger partial charge in [0.1, 0.15) is 0 Å². The first-order valence-electron chi connectivity index (χ1n) is 4.33. The van der Waals surface area contributed by atoms with Crippen molar-refractivity contribution in [2.75, 3.05) is 0 Å². The van der Waals surface area contributed by atoms with Crippen LogP contribution in [0, 0.1) is 6.92 Å². The first kappa shape index (κ1) is 13.6. The Labute approximate surface area is 103 Å². The molecule has 1 aromatic carbocycles. The molecule has 0 bridgehead atoms. The van der Waals surface area contributed by atoms with Crippen molar-refractivity contribution in [1.82, 2.24) is 0 Å². The van der Waals surface area contributed by atoms with Gasteiger partial charge in [0.25, 0.3) is 0 Å². The molecule has 0 fully saturated rings. The lowest BCUT2D eigenvalue weighted by atomic mass is 9.99. The van der Waals surface area contributed by atoms with Crippen molar-refractivity contribution in [3.63, 3.8) is 0 Å². The van der Waals surface area contributed by atoms with E-state index < -0.39 is 33.5 Å². The maximum absolute atomic E-state index is 13.0. The van der Waals surface area contributed by atoms with Gasteiger partial charge in [0.15, 0.2) is 0 Å². The minimum atomic E-state index is -3.48. The van der Waals surface area contributed by atoms with Crippen LogP contribution >= 0.6 is 15.9 Å². The average molecular weight is 309 g/mol. The van der Waals surface area contributed by atoms with Gasteiger partial charge in [-0.05, 0) is 40.5 Å². The van der Waals surface area contributed by atoms with Crippen molar-refractivity contribution in [2.24, 2.45) is 0 Å². The zero-order valence-corrected chi connectivity index (χ0v) is 10.1. The fourth-order valence-electron chi connectivity index (χ4n) is 1.32. The van der Waals surface area contributed by atoms with Gasteiger partial charge in [-0.3, -0.25) is 0 Å². The Hall–Kier alpha value is -1.50. The van der Waals surface area contributed by atoms with Crippen molar-refractivity contribution in [1.29, 1.82) is 0 Å². The maximum atomic E-state index is 13.0. The highest BCUT2D eigenvalue weighted by atomic mass is 79.9. The van der Waals surface area contributed by atoms with Crippen LogP contribution < -0.4 is 0 Å². The van der Waals surface area contributed by atoms with Crippen molar-refractivity contribution in [3.05, 3.63) is 34.4 Å². The van der Waals surface area contributed by atoms with Gasteiger partial charge >= 0.3 is 16.8 Å². The zero-order valence-electron chi connectivity index (χ0n) is 8.50. The van der Waals surface area contributed by atoms with E-state index in [0.717, 1.165) is 12.1 Å². The van der Waals surface area contributed by atoms with E-state index >= 15 is 0 Å². The van der Waals surface area contributed by atoms with E-state index in [9.17, 15) is 18.4 Å². The summed E-state index contributed by atoms with van der Waals surface area (Å²) in [5.41, 5.74) is -1.69. The third-order valence-corrected chi connectivity index (χ3v) is 2.65. The Balaban J connectivity index is 3.59. The second-order valence-corrected chi connectivity index (χ2v) is 4.30. The van der Waals surface area contributed by atoms with Gasteiger partial charge in [0.2, 0.25) is 0 Å². The van der Waals surface area contributed by atoms with Crippen LogP contribution in [0.4, 0.5) is 8.78 Å². The molecule has 0 amide bonds. The van der Waals surface area contributed by atoms with Crippen LogP contribution in [0.3, 0.4) is 0 Å². The maximum Gasteiger partial charge on any atom is 0.335 e. The molecule has 0 aliphatic heterocycles. The van der Waals surface area contributed by atoms with Crippen molar-refractivity contribution < 1.29 is 28.6 Å². The fraction of sp³-hybridized carbons (Fsp3) is 0.200. The summed E-state index contributed by atoms with van der Waals surface area (Å²) >= 11 is 2.06. The molecule has 0 radical (unpaired) electrons. The van der Waals surface area contributed by atoms with Gasteiger partial charge in [-0.1, -0.05) is 0 Å². The van der Waals surface area contributed by atoms with Crippen LogP contribution in [0.25, 0.3) is 0 Å². The molecule has 0 atom stereocenters. The van der Waals surface area contributed by atoms with Crippen molar-refractivity contribution >= 4 is 27.9 Å². The molecule has 7 heteroatoms. The van der Waals surface area contributed by atoms with Crippen LogP contribution in [0.5, 0.6) is 0 Å². The molecule has 17 heavy (non-hydrogen) atoms. The van der Waals surface area contributed by atoms with Crippen molar-refractivity contribution in [2.45, 2.75) is 11.8 Å². The normalized spacial score (nSPS) is 11.3. The second kappa shape index (κ2) is 4.40. The molecule has 0 aliphatic rings. The Kier molecular flexibility index (Phi) is 3.51. The van der Waals surface area contributed by atoms with E-state index in [1.165, 1.54) is 6.92 Å². The van der Waals surface area contributed by atoms with Gasteiger partial charge in [0, 0.05) is 5.56 Å². The number of carbonyl (C=O) groups is 2. The first-order valence-corrected chi connectivity index (χ1v) is 5.12. The number of aromatic carboxylic acids is 2. The summed E-state index contributed by atoms with van der Waals surface area (Å²) in [6, 6.07) is 1.50. The molecule has 92 valence electrons. The second-order valence-electron chi connectivity index (χ2n) is 3.30. The number of hydrogen-bond donors (Lipinski definition) is 2. The van der Waals surface area contributed by atoms with Crippen LogP contribution in [-0.4, -0.2) is 22.2 Å². The zero-order chi connectivity index (χ0) is 13.4. The van der Waals surface area contributed by atoms with E-state index in [0.29, 0.717) is 0 Å². The van der Waals surface area contributed by atoms with E-state index in [1.54, 1.807) is 0 Å². The van der Waals surface area contributed by atoms with E-state index in [4.69, 9.17) is 10.2 Å². The lowest BCUT2D eigenvalue weighted by Crippen LogP contribution is -2.12. The Morgan fingerprint density at radius 3 is 1.76 bits per heavy atom. The molecule has 0 saturated heterocycles. The van der Waals surface area contributed by atoms with Gasteiger partial charge in [0.05, 0.1) is 11.1 Å². The molecule has 0 aliphatic carbocycles. The quantitative estimate of drug-likeness (QED) is 0.842. The number of carboxylic acids is 2. The largest absolute Gasteiger partial charge is 0.478 e. The molecule has 2 N–H and O–H groups in total. The summed E-state index contributed by atoms with van der Waals surface area (Å²) < 4.78 is 26.0. The Morgan fingerprint density at radius 1 is 1.18 bits per heavy atom. The summed E-state index contributed by atoms with van der Waals surface area (Å²) in [5.74, 6) is -2.91. The lowest BCUT2D eigenvalue weighted by molar-refractivity contribution is 0.0694. The van der Waals surface area contributed by atoms with Crippen molar-refractivity contribution in [3.8, 4) is 0 Å². The SMILES string of the molecule is Cc1c(C(=O)O)cc(C(F)(F)Br)cc1C(=O)O. The number of carboxylic acid groups (broad SMARTS) is 2. The highest BCUT2D eigenvalue weighted by Gasteiger charge is 2.30. The van der Waals surface area contributed by atoms with Gasteiger partial charge < -0.3 is 10.2 Å². The molecular formula is C10H7BrF2O4. The highest BCUT2D eigenvalue weighted by molar-refractivity contribution is 9.09. The van der Waals surface area contributed by atoms with Crippen LogP contribution in [0.1, 0.15) is 31.8 Å². The predicted molar refractivity (Wildman–Crippen MR) is 57.9 cm³/mol. The molecule has 1 rings (SSSR count). The van der Waals surface area contributed by atoms with Gasteiger partial charge in [-0.15, -0.1) is 0 Å². The number of halogens is 3. The molecular weight excluding hydrogens is 302 g/mol.